The summed E-state index contributed by atoms with van der Waals surface area (Å²) in [4.78, 5) is 0. The van der Waals surface area contributed by atoms with Gasteiger partial charge in [0.2, 0.25) is 0 Å². The van der Waals surface area contributed by atoms with Crippen molar-refractivity contribution in [2.75, 3.05) is 23.8 Å². The van der Waals surface area contributed by atoms with Crippen molar-refractivity contribution < 1.29 is 9.47 Å². The third kappa shape index (κ3) is 4.38. The smallest absolute Gasteiger partial charge is 0.163 e. The van der Waals surface area contributed by atoms with Crippen LogP contribution in [0.3, 0.4) is 0 Å². The molecule has 1 heterocycles. The van der Waals surface area contributed by atoms with Gasteiger partial charge >= 0.3 is 0 Å². The molecular weight excluding hydrogens is 372 g/mol. The van der Waals surface area contributed by atoms with Gasteiger partial charge in [-0.3, -0.25) is 0 Å². The fourth-order valence-electron chi connectivity index (χ4n) is 3.82. The van der Waals surface area contributed by atoms with Crippen molar-refractivity contribution in [1.82, 2.24) is 0 Å². The molecule has 0 saturated carbocycles. The summed E-state index contributed by atoms with van der Waals surface area (Å²) in [6.07, 6.45) is 1.91. The molecule has 1 aliphatic heterocycles. The van der Waals surface area contributed by atoms with E-state index < -0.39 is 0 Å². The van der Waals surface area contributed by atoms with Crippen LogP contribution >= 0.6 is 0 Å². The Morgan fingerprint density at radius 3 is 1.40 bits per heavy atom. The van der Waals surface area contributed by atoms with Gasteiger partial charge in [0.1, 0.15) is 0 Å². The van der Waals surface area contributed by atoms with Crippen LogP contribution in [0.1, 0.15) is 49.9 Å². The van der Waals surface area contributed by atoms with E-state index in [1.54, 1.807) is 0 Å². The lowest BCUT2D eigenvalue weighted by atomic mass is 9.90. The SMILES string of the molecule is CCCOc1cc2c(cc1OCCC)NC(c1ccccc1)C(c1ccccc1)N2. The molecule has 0 aromatic heterocycles. The number of nitrogens with one attached hydrogen (secondary N) is 2. The standard InChI is InChI=1S/C26H30N2O2/c1-3-15-29-23-17-21-22(18-24(23)30-16-4-2)28-26(20-13-9-6-10-14-20)25(27-21)19-11-7-5-8-12-19/h5-14,17-18,25-28H,3-4,15-16H2,1-2H3. The molecule has 0 radical (unpaired) electrons. The van der Waals surface area contributed by atoms with E-state index >= 15 is 0 Å². The van der Waals surface area contributed by atoms with Crippen molar-refractivity contribution in [3.8, 4) is 11.5 Å². The van der Waals surface area contributed by atoms with Gasteiger partial charge in [-0.1, -0.05) is 74.5 Å². The summed E-state index contributed by atoms with van der Waals surface area (Å²) in [7, 11) is 0. The summed E-state index contributed by atoms with van der Waals surface area (Å²) in [6, 6.07) is 25.5. The van der Waals surface area contributed by atoms with Crippen LogP contribution in [0.2, 0.25) is 0 Å². The first-order chi connectivity index (χ1) is 14.8. The van der Waals surface area contributed by atoms with Crippen LogP contribution in [-0.4, -0.2) is 13.2 Å². The lowest BCUT2D eigenvalue weighted by Crippen LogP contribution is -2.30. The first kappa shape index (κ1) is 20.1. The predicted molar refractivity (Wildman–Crippen MR) is 124 cm³/mol. The highest BCUT2D eigenvalue weighted by Crippen LogP contribution is 2.46. The molecule has 0 amide bonds. The molecule has 0 spiro atoms. The van der Waals surface area contributed by atoms with E-state index in [2.05, 4.69) is 97.3 Å². The first-order valence-corrected chi connectivity index (χ1v) is 10.9. The molecule has 3 aromatic rings. The Bertz CT molecular complexity index is 866. The van der Waals surface area contributed by atoms with Crippen molar-refractivity contribution in [2.24, 2.45) is 0 Å². The molecule has 4 rings (SSSR count). The average Bonchev–Trinajstić information content (AvgIpc) is 2.81. The summed E-state index contributed by atoms with van der Waals surface area (Å²) in [5.74, 6) is 1.59. The third-order valence-electron chi connectivity index (χ3n) is 5.28. The quantitative estimate of drug-likeness (QED) is 0.446. The van der Waals surface area contributed by atoms with Gasteiger partial charge < -0.3 is 20.1 Å². The molecule has 0 bridgehead atoms. The van der Waals surface area contributed by atoms with Gasteiger partial charge in [-0.05, 0) is 24.0 Å². The van der Waals surface area contributed by atoms with Crippen LogP contribution in [0.4, 0.5) is 11.4 Å². The maximum atomic E-state index is 6.01. The molecule has 2 N–H and O–H groups in total. The van der Waals surface area contributed by atoms with Gasteiger partial charge in [0.05, 0.1) is 36.7 Å². The Morgan fingerprint density at radius 1 is 0.633 bits per heavy atom. The summed E-state index contributed by atoms with van der Waals surface area (Å²) in [5.41, 5.74) is 4.55. The maximum Gasteiger partial charge on any atom is 0.163 e. The first-order valence-electron chi connectivity index (χ1n) is 10.9. The number of fused-ring (bicyclic) bond motifs is 1. The Kier molecular flexibility index (Phi) is 6.43. The Morgan fingerprint density at radius 2 is 1.03 bits per heavy atom. The molecule has 30 heavy (non-hydrogen) atoms. The van der Waals surface area contributed by atoms with Crippen LogP contribution in [-0.2, 0) is 0 Å². The summed E-state index contributed by atoms with van der Waals surface area (Å²) >= 11 is 0. The van der Waals surface area contributed by atoms with E-state index in [1.165, 1.54) is 11.1 Å². The zero-order chi connectivity index (χ0) is 20.8. The van der Waals surface area contributed by atoms with Crippen molar-refractivity contribution >= 4 is 11.4 Å². The molecule has 1 aliphatic rings. The molecule has 0 aliphatic carbocycles. The number of benzene rings is 3. The van der Waals surface area contributed by atoms with E-state index in [0.29, 0.717) is 13.2 Å². The molecule has 156 valence electrons. The number of anilines is 2. The normalized spacial score (nSPS) is 17.4. The van der Waals surface area contributed by atoms with Crippen molar-refractivity contribution in [2.45, 2.75) is 38.8 Å². The lowest BCUT2D eigenvalue weighted by molar-refractivity contribution is 0.268. The largest absolute Gasteiger partial charge is 0.490 e. The van der Waals surface area contributed by atoms with Gasteiger partial charge in [-0.25, -0.2) is 0 Å². The highest BCUT2D eigenvalue weighted by molar-refractivity contribution is 5.77. The van der Waals surface area contributed by atoms with Crippen LogP contribution in [0.5, 0.6) is 11.5 Å². The second kappa shape index (κ2) is 9.57. The predicted octanol–water partition coefficient (Wildman–Crippen LogP) is 6.58. The highest BCUT2D eigenvalue weighted by Gasteiger charge is 2.31. The van der Waals surface area contributed by atoms with E-state index in [4.69, 9.17) is 9.47 Å². The second-order valence-electron chi connectivity index (χ2n) is 7.61. The van der Waals surface area contributed by atoms with E-state index in [9.17, 15) is 0 Å². The number of rotatable bonds is 8. The Hall–Kier alpha value is -3.14. The van der Waals surface area contributed by atoms with Gasteiger partial charge in [0.15, 0.2) is 11.5 Å². The minimum absolute atomic E-state index is 0.0996. The maximum absolute atomic E-state index is 6.01. The van der Waals surface area contributed by atoms with Gasteiger partial charge in [0, 0.05) is 12.1 Å². The minimum Gasteiger partial charge on any atom is -0.490 e. The summed E-state index contributed by atoms with van der Waals surface area (Å²) in [6.45, 7) is 5.56. The van der Waals surface area contributed by atoms with Crippen LogP contribution in [0.15, 0.2) is 72.8 Å². The van der Waals surface area contributed by atoms with Gasteiger partial charge in [-0.15, -0.1) is 0 Å². The van der Waals surface area contributed by atoms with Crippen molar-refractivity contribution in [3.05, 3.63) is 83.9 Å². The molecular formula is C26H30N2O2. The zero-order valence-electron chi connectivity index (χ0n) is 17.7. The molecule has 2 unspecified atom stereocenters. The van der Waals surface area contributed by atoms with Crippen molar-refractivity contribution in [1.29, 1.82) is 0 Å². The Balaban J connectivity index is 1.74. The second-order valence-corrected chi connectivity index (χ2v) is 7.61. The third-order valence-corrected chi connectivity index (χ3v) is 5.28. The Labute approximate surface area is 179 Å². The van der Waals surface area contributed by atoms with Crippen LogP contribution < -0.4 is 20.1 Å². The molecule has 0 fully saturated rings. The monoisotopic (exact) mass is 402 g/mol. The lowest BCUT2D eigenvalue weighted by Gasteiger charge is -2.37. The van der Waals surface area contributed by atoms with Crippen LogP contribution in [0, 0.1) is 0 Å². The summed E-state index contributed by atoms with van der Waals surface area (Å²) < 4.78 is 12.0. The minimum atomic E-state index is 0.0996. The molecule has 3 aromatic carbocycles. The molecule has 4 heteroatoms. The number of hydrogen-bond acceptors (Lipinski definition) is 4. The highest BCUT2D eigenvalue weighted by atomic mass is 16.5. The molecule has 2 atom stereocenters. The summed E-state index contributed by atoms with van der Waals surface area (Å²) in [5, 5.41) is 7.53. The van der Waals surface area contributed by atoms with Crippen LogP contribution in [0.25, 0.3) is 0 Å². The zero-order valence-corrected chi connectivity index (χ0v) is 17.7. The fraction of sp³-hybridized carbons (Fsp3) is 0.308. The van der Waals surface area contributed by atoms with Gasteiger partial charge in [-0.2, -0.15) is 0 Å². The topological polar surface area (TPSA) is 42.5 Å². The average molecular weight is 403 g/mol. The fourth-order valence-corrected chi connectivity index (χ4v) is 3.82. The molecule has 0 saturated heterocycles. The van der Waals surface area contributed by atoms with Gasteiger partial charge in [0.25, 0.3) is 0 Å². The van der Waals surface area contributed by atoms with E-state index in [0.717, 1.165) is 35.7 Å². The van der Waals surface area contributed by atoms with E-state index in [1.807, 2.05) is 0 Å². The number of ether oxygens (including phenoxy) is 2. The number of hydrogen-bond donors (Lipinski definition) is 2. The van der Waals surface area contributed by atoms with Crippen molar-refractivity contribution in [3.63, 3.8) is 0 Å². The molecule has 4 nitrogen and oxygen atoms in total. The van der Waals surface area contributed by atoms with E-state index in [-0.39, 0.29) is 12.1 Å².